The van der Waals surface area contributed by atoms with E-state index >= 15 is 0 Å². The molecule has 0 aliphatic rings. The monoisotopic (exact) mass is 1420 g/mol. The van der Waals surface area contributed by atoms with Crippen molar-refractivity contribution in [2.75, 3.05) is 39.6 Å². The van der Waals surface area contributed by atoms with E-state index in [1.54, 1.807) is 0 Å². The van der Waals surface area contributed by atoms with Crippen molar-refractivity contribution in [2.24, 2.45) is 17.8 Å². The smallest absolute Gasteiger partial charge is 0.462 e. The number of carbonyl (C=O) groups excluding carboxylic acids is 4. The normalized spacial score (nSPS) is 14.3. The fraction of sp³-hybridized carbons (Fsp3) is 0.949. The van der Waals surface area contributed by atoms with Crippen LogP contribution in [0.3, 0.4) is 0 Å². The lowest BCUT2D eigenvalue weighted by molar-refractivity contribution is -0.161. The van der Waals surface area contributed by atoms with Gasteiger partial charge in [-0.05, 0) is 43.4 Å². The van der Waals surface area contributed by atoms with Crippen LogP contribution in [0.2, 0.25) is 0 Å². The number of unbranched alkanes of at least 4 members (excludes halogenated alkanes) is 43. The number of hydrogen-bond donors (Lipinski definition) is 3. The van der Waals surface area contributed by atoms with Gasteiger partial charge >= 0.3 is 39.5 Å². The number of aliphatic hydroxyl groups excluding tert-OH is 1. The Morgan fingerprint density at radius 3 is 0.784 bits per heavy atom. The molecule has 0 amide bonds. The maximum absolute atomic E-state index is 13.1. The second kappa shape index (κ2) is 68.5. The first kappa shape index (κ1) is 95.1. The van der Waals surface area contributed by atoms with Gasteiger partial charge in [0.25, 0.3) is 0 Å². The molecule has 3 unspecified atom stereocenters. The van der Waals surface area contributed by atoms with E-state index in [1.165, 1.54) is 212 Å². The van der Waals surface area contributed by atoms with Crippen molar-refractivity contribution in [1.82, 2.24) is 0 Å². The molecule has 0 rings (SSSR count). The summed E-state index contributed by atoms with van der Waals surface area (Å²) in [7, 11) is -9.91. The van der Waals surface area contributed by atoms with Crippen LogP contribution in [-0.2, 0) is 65.4 Å². The molecule has 3 N–H and O–H groups in total. The average Bonchev–Trinajstić information content (AvgIpc) is 1.78. The van der Waals surface area contributed by atoms with E-state index in [1.807, 2.05) is 0 Å². The van der Waals surface area contributed by atoms with Crippen LogP contribution in [0.1, 0.15) is 402 Å². The van der Waals surface area contributed by atoms with Crippen LogP contribution in [0.4, 0.5) is 0 Å². The topological polar surface area (TPSA) is 237 Å². The van der Waals surface area contributed by atoms with Gasteiger partial charge in [-0.15, -0.1) is 0 Å². The molecule has 0 saturated carbocycles. The average molecular weight is 1420 g/mol. The summed E-state index contributed by atoms with van der Waals surface area (Å²) in [5.74, 6) is 0.225. The zero-order valence-electron chi connectivity index (χ0n) is 63.5. The Bertz CT molecular complexity index is 1890. The molecule has 19 heteroatoms. The number of hydrogen-bond acceptors (Lipinski definition) is 15. The van der Waals surface area contributed by atoms with Crippen molar-refractivity contribution in [3.63, 3.8) is 0 Å². The Balaban J connectivity index is 5.19. The van der Waals surface area contributed by atoms with Gasteiger partial charge in [0.15, 0.2) is 12.2 Å². The summed E-state index contributed by atoms with van der Waals surface area (Å²) in [4.78, 5) is 72.8. The molecule has 0 fully saturated rings. The fourth-order valence-corrected chi connectivity index (χ4v) is 13.5. The lowest BCUT2D eigenvalue weighted by Gasteiger charge is -2.21. The SMILES string of the molecule is CCCCCCCCCCCCCCC(=O)O[C@H](COC(=O)CCCCCCCCCCC(C)C)COP(=O)(O)OC[C@H](O)COP(=O)(O)OC[C@@H](COC(=O)CCCCCCCCCCCC(C)C)OC(=O)CCCCCCCCCCCCCCCCCCCCC(C)CC. The zero-order chi connectivity index (χ0) is 71.6. The van der Waals surface area contributed by atoms with E-state index < -0.39 is 97.5 Å². The maximum Gasteiger partial charge on any atom is 0.472 e. The highest BCUT2D eigenvalue weighted by Gasteiger charge is 2.30. The van der Waals surface area contributed by atoms with E-state index in [2.05, 4.69) is 48.5 Å². The van der Waals surface area contributed by atoms with Crippen LogP contribution < -0.4 is 0 Å². The predicted octanol–water partition coefficient (Wildman–Crippen LogP) is 23.0. The van der Waals surface area contributed by atoms with Gasteiger partial charge in [-0.1, -0.05) is 350 Å². The van der Waals surface area contributed by atoms with Crippen molar-refractivity contribution in [3.8, 4) is 0 Å². The minimum Gasteiger partial charge on any atom is -0.462 e. The van der Waals surface area contributed by atoms with Crippen LogP contribution >= 0.6 is 15.6 Å². The highest BCUT2D eigenvalue weighted by Crippen LogP contribution is 2.45. The van der Waals surface area contributed by atoms with E-state index in [-0.39, 0.29) is 25.7 Å². The number of aliphatic hydroxyl groups is 1. The molecule has 0 spiro atoms. The van der Waals surface area contributed by atoms with Gasteiger partial charge in [-0.3, -0.25) is 37.3 Å². The third-order valence-electron chi connectivity index (χ3n) is 18.5. The Labute approximate surface area is 594 Å². The molecule has 0 radical (unpaired) electrons. The Morgan fingerprint density at radius 1 is 0.299 bits per heavy atom. The zero-order valence-corrected chi connectivity index (χ0v) is 65.3. The quantitative estimate of drug-likeness (QED) is 0.0222. The van der Waals surface area contributed by atoms with Crippen LogP contribution in [0, 0.1) is 17.8 Å². The molecule has 0 aliphatic heterocycles. The van der Waals surface area contributed by atoms with Crippen molar-refractivity contribution >= 4 is 39.5 Å². The Hall–Kier alpha value is -1.94. The van der Waals surface area contributed by atoms with Gasteiger partial charge in [0, 0.05) is 25.7 Å². The summed E-state index contributed by atoms with van der Waals surface area (Å²) in [6.45, 7) is 11.9. The van der Waals surface area contributed by atoms with E-state index in [9.17, 15) is 43.2 Å². The summed E-state index contributed by atoms with van der Waals surface area (Å²) in [5, 5.41) is 10.6. The second-order valence-corrected chi connectivity index (χ2v) is 32.2. The molecule has 0 bridgehead atoms. The van der Waals surface area contributed by atoms with Crippen LogP contribution in [0.25, 0.3) is 0 Å². The molecule has 0 aromatic heterocycles. The predicted molar refractivity (Wildman–Crippen MR) is 395 cm³/mol. The Kier molecular flexibility index (Phi) is 67.1. The van der Waals surface area contributed by atoms with Crippen LogP contribution in [0.15, 0.2) is 0 Å². The summed E-state index contributed by atoms with van der Waals surface area (Å²) in [6, 6.07) is 0. The van der Waals surface area contributed by atoms with Gasteiger partial charge in [0.1, 0.15) is 19.3 Å². The largest absolute Gasteiger partial charge is 0.472 e. The van der Waals surface area contributed by atoms with E-state index in [0.29, 0.717) is 25.7 Å². The fourth-order valence-electron chi connectivity index (χ4n) is 11.9. The summed E-state index contributed by atoms with van der Waals surface area (Å²) in [5.41, 5.74) is 0. The molecular formula is C78H152O17P2. The molecule has 0 heterocycles. The van der Waals surface area contributed by atoms with Crippen molar-refractivity contribution < 1.29 is 80.2 Å². The first-order valence-corrected chi connectivity index (χ1v) is 43.4. The third kappa shape index (κ3) is 70.9. The summed E-state index contributed by atoms with van der Waals surface area (Å²) >= 11 is 0. The molecule has 0 aromatic carbocycles. The van der Waals surface area contributed by atoms with Gasteiger partial charge in [0.2, 0.25) is 0 Å². The number of esters is 4. The van der Waals surface area contributed by atoms with Crippen molar-refractivity contribution in [2.45, 2.75) is 420 Å². The molecular weight excluding hydrogens is 1270 g/mol. The lowest BCUT2D eigenvalue weighted by atomic mass is 9.99. The number of phosphoric acid groups is 2. The molecule has 6 atom stereocenters. The molecule has 576 valence electrons. The van der Waals surface area contributed by atoms with Crippen LogP contribution in [-0.4, -0.2) is 96.7 Å². The van der Waals surface area contributed by atoms with Gasteiger partial charge in [-0.2, -0.15) is 0 Å². The standard InChI is InChI=1S/C78H152O17P2/c1-8-10-11-12-13-14-15-25-30-40-47-54-61-77(82)95-74(66-89-76(81)60-53-46-39-34-33-36-43-50-57-70(5)6)68-93-97(86,87)91-64-72(79)63-90-96(84,85)92-67-73(65-88-75(80)59-52-45-38-32-27-28-35-42-49-56-69(3)4)94-78(83)62-55-48-41-31-26-23-21-19-17-16-18-20-22-24-29-37-44-51-58-71(7)9-2/h69-74,79H,8-68H2,1-7H3,(H,84,85)(H,86,87)/t71?,72-,73-,74-/m1/s1. The highest BCUT2D eigenvalue weighted by atomic mass is 31.2. The van der Waals surface area contributed by atoms with Gasteiger partial charge in [0.05, 0.1) is 26.4 Å². The number of phosphoric ester groups is 2. The van der Waals surface area contributed by atoms with Crippen molar-refractivity contribution in [1.29, 1.82) is 0 Å². The minimum absolute atomic E-state index is 0.107. The van der Waals surface area contributed by atoms with Crippen molar-refractivity contribution in [3.05, 3.63) is 0 Å². The first-order valence-electron chi connectivity index (χ1n) is 40.4. The molecule has 0 saturated heterocycles. The molecule has 0 aliphatic carbocycles. The third-order valence-corrected chi connectivity index (χ3v) is 20.4. The molecule has 97 heavy (non-hydrogen) atoms. The van der Waals surface area contributed by atoms with E-state index in [4.69, 9.17) is 37.0 Å². The molecule has 17 nitrogen and oxygen atoms in total. The maximum atomic E-state index is 13.1. The number of ether oxygens (including phenoxy) is 4. The van der Waals surface area contributed by atoms with Gasteiger partial charge < -0.3 is 33.8 Å². The first-order chi connectivity index (χ1) is 46.8. The highest BCUT2D eigenvalue weighted by molar-refractivity contribution is 7.47. The Morgan fingerprint density at radius 2 is 0.526 bits per heavy atom. The lowest BCUT2D eigenvalue weighted by Crippen LogP contribution is -2.30. The molecule has 0 aromatic rings. The summed E-state index contributed by atoms with van der Waals surface area (Å²) < 4.78 is 68.6. The summed E-state index contributed by atoms with van der Waals surface area (Å²) in [6.07, 6.45) is 55.5. The van der Waals surface area contributed by atoms with Crippen LogP contribution in [0.5, 0.6) is 0 Å². The van der Waals surface area contributed by atoms with E-state index in [0.717, 1.165) is 108 Å². The second-order valence-electron chi connectivity index (χ2n) is 29.3. The van der Waals surface area contributed by atoms with Gasteiger partial charge in [-0.25, -0.2) is 9.13 Å². The number of carbonyl (C=O) groups is 4. The number of rotatable bonds is 76. The minimum atomic E-state index is -4.96.